The number of hydrogen-bond donors (Lipinski definition) is 1. The molecule has 2 atom stereocenters. The molecule has 8 heteroatoms. The van der Waals surface area contributed by atoms with Crippen LogP contribution in [0.3, 0.4) is 0 Å². The Morgan fingerprint density at radius 3 is 2.60 bits per heavy atom. The van der Waals surface area contributed by atoms with E-state index in [0.29, 0.717) is 51.3 Å². The first-order valence-corrected chi connectivity index (χ1v) is 12.4. The Labute approximate surface area is 206 Å². The van der Waals surface area contributed by atoms with Gasteiger partial charge in [0.05, 0.1) is 6.61 Å². The van der Waals surface area contributed by atoms with Gasteiger partial charge >= 0.3 is 0 Å². The minimum Gasteiger partial charge on any atom is -0.383 e. The zero-order chi connectivity index (χ0) is 24.6. The summed E-state index contributed by atoms with van der Waals surface area (Å²) in [5.41, 5.74) is 1.57. The summed E-state index contributed by atoms with van der Waals surface area (Å²) in [6.07, 6.45) is 1.45. The molecule has 2 aromatic rings. The van der Waals surface area contributed by atoms with Gasteiger partial charge in [0.25, 0.3) is 5.91 Å². The lowest BCUT2D eigenvalue weighted by Crippen LogP contribution is -2.48. The Morgan fingerprint density at radius 1 is 1.09 bits per heavy atom. The summed E-state index contributed by atoms with van der Waals surface area (Å²) in [5, 5.41) is 3.33. The molecule has 2 aliphatic rings. The van der Waals surface area contributed by atoms with Gasteiger partial charge in [-0.05, 0) is 49.2 Å². The Kier molecular flexibility index (Phi) is 8.84. The maximum absolute atomic E-state index is 13.7. The van der Waals surface area contributed by atoms with Crippen LogP contribution in [0.2, 0.25) is 0 Å². The van der Waals surface area contributed by atoms with Crippen molar-refractivity contribution in [1.82, 2.24) is 20.0 Å². The van der Waals surface area contributed by atoms with Crippen LogP contribution in [-0.2, 0) is 16.1 Å². The highest BCUT2D eigenvalue weighted by Gasteiger charge is 2.43. The van der Waals surface area contributed by atoms with E-state index in [-0.39, 0.29) is 23.7 Å². The standard InChI is InChI=1S/C27H35FN4O3/c1-35-17-16-31(19-21-6-3-2-4-7-21)24-18-25(27(34)30-14-5-12-29-13-15-30)32(20-24)26(33)22-8-10-23(28)11-9-22/h2-4,6-11,24-25,29H,5,12-20H2,1H3. The minimum absolute atomic E-state index is 0.00179. The number of halogens is 1. The maximum Gasteiger partial charge on any atom is 0.254 e. The third-order valence-corrected chi connectivity index (χ3v) is 6.90. The number of carbonyl (C=O) groups excluding carboxylic acids is 2. The first-order valence-electron chi connectivity index (χ1n) is 12.4. The van der Waals surface area contributed by atoms with Gasteiger partial charge in [0.15, 0.2) is 0 Å². The molecule has 0 aliphatic carbocycles. The second-order valence-corrected chi connectivity index (χ2v) is 9.25. The van der Waals surface area contributed by atoms with Crippen molar-refractivity contribution in [3.63, 3.8) is 0 Å². The number of rotatable bonds is 8. The van der Waals surface area contributed by atoms with E-state index < -0.39 is 6.04 Å². The summed E-state index contributed by atoms with van der Waals surface area (Å²) < 4.78 is 18.9. The number of hydrogen-bond acceptors (Lipinski definition) is 5. The molecule has 0 spiro atoms. The van der Waals surface area contributed by atoms with Gasteiger partial charge in [-0.3, -0.25) is 14.5 Å². The topological polar surface area (TPSA) is 65.1 Å². The second kappa shape index (κ2) is 12.2. The minimum atomic E-state index is -0.545. The van der Waals surface area contributed by atoms with E-state index in [1.807, 2.05) is 23.1 Å². The average molecular weight is 483 g/mol. The van der Waals surface area contributed by atoms with Gasteiger partial charge in [0, 0.05) is 58.0 Å². The smallest absolute Gasteiger partial charge is 0.254 e. The number of nitrogens with zero attached hydrogens (tertiary/aromatic N) is 3. The molecule has 7 nitrogen and oxygen atoms in total. The predicted octanol–water partition coefficient (Wildman–Crippen LogP) is 2.38. The van der Waals surface area contributed by atoms with E-state index in [1.54, 1.807) is 12.0 Å². The lowest BCUT2D eigenvalue weighted by Gasteiger charge is -2.29. The van der Waals surface area contributed by atoms with Crippen LogP contribution in [0, 0.1) is 5.82 Å². The average Bonchev–Trinajstić information content (AvgIpc) is 3.14. The van der Waals surface area contributed by atoms with Crippen LogP contribution in [0.5, 0.6) is 0 Å². The summed E-state index contributed by atoms with van der Waals surface area (Å²) in [7, 11) is 1.68. The number of benzene rings is 2. The Bertz CT molecular complexity index is 964. The fraction of sp³-hybridized carbons (Fsp3) is 0.481. The molecule has 2 unspecified atom stereocenters. The lowest BCUT2D eigenvalue weighted by molar-refractivity contribution is -0.135. The maximum atomic E-state index is 13.7. The van der Waals surface area contributed by atoms with Gasteiger partial charge in [-0.2, -0.15) is 0 Å². The van der Waals surface area contributed by atoms with Crippen molar-refractivity contribution in [2.24, 2.45) is 0 Å². The number of ether oxygens (including phenoxy) is 1. The van der Waals surface area contributed by atoms with Crippen LogP contribution in [0.1, 0.15) is 28.8 Å². The van der Waals surface area contributed by atoms with Crippen molar-refractivity contribution in [2.75, 3.05) is 53.0 Å². The zero-order valence-electron chi connectivity index (χ0n) is 20.4. The summed E-state index contributed by atoms with van der Waals surface area (Å²) in [6.45, 7) is 5.37. The van der Waals surface area contributed by atoms with E-state index in [9.17, 15) is 14.0 Å². The third-order valence-electron chi connectivity index (χ3n) is 6.90. The predicted molar refractivity (Wildman–Crippen MR) is 132 cm³/mol. The van der Waals surface area contributed by atoms with Crippen molar-refractivity contribution in [2.45, 2.75) is 31.5 Å². The van der Waals surface area contributed by atoms with Crippen LogP contribution in [0.4, 0.5) is 4.39 Å². The fourth-order valence-corrected chi connectivity index (χ4v) is 4.99. The molecule has 0 saturated carbocycles. The Morgan fingerprint density at radius 2 is 1.86 bits per heavy atom. The number of methoxy groups -OCH3 is 1. The highest BCUT2D eigenvalue weighted by Crippen LogP contribution is 2.27. The van der Waals surface area contributed by atoms with Crippen LogP contribution in [0.25, 0.3) is 0 Å². The SMILES string of the molecule is COCCN(Cc1ccccc1)C1CC(C(=O)N2CCCNCC2)N(C(=O)c2ccc(F)cc2)C1. The molecule has 1 N–H and O–H groups in total. The summed E-state index contributed by atoms with van der Waals surface area (Å²) in [5.74, 6) is -0.623. The Balaban J connectivity index is 1.59. The van der Waals surface area contributed by atoms with Crippen molar-refractivity contribution in [3.8, 4) is 0 Å². The molecule has 188 valence electrons. The number of amides is 2. The van der Waals surface area contributed by atoms with Gasteiger partial charge in [0.2, 0.25) is 5.91 Å². The largest absolute Gasteiger partial charge is 0.383 e. The van der Waals surface area contributed by atoms with Crippen LogP contribution >= 0.6 is 0 Å². The molecule has 0 bridgehead atoms. The first kappa shape index (κ1) is 25.3. The van der Waals surface area contributed by atoms with E-state index in [4.69, 9.17) is 4.74 Å². The van der Waals surface area contributed by atoms with Gasteiger partial charge in [-0.15, -0.1) is 0 Å². The lowest BCUT2D eigenvalue weighted by atomic mass is 10.1. The third kappa shape index (κ3) is 6.45. The number of likely N-dealkylation sites (tertiary alicyclic amines) is 1. The zero-order valence-corrected chi connectivity index (χ0v) is 20.4. The number of nitrogens with one attached hydrogen (secondary N) is 1. The quantitative estimate of drug-likeness (QED) is 0.626. The van der Waals surface area contributed by atoms with Gasteiger partial charge in [-0.25, -0.2) is 4.39 Å². The van der Waals surface area contributed by atoms with Gasteiger partial charge < -0.3 is 19.9 Å². The summed E-state index contributed by atoms with van der Waals surface area (Å²) in [6, 6.07) is 15.2. The molecule has 35 heavy (non-hydrogen) atoms. The van der Waals surface area contributed by atoms with Crippen molar-refractivity contribution in [1.29, 1.82) is 0 Å². The van der Waals surface area contributed by atoms with Crippen LogP contribution in [0.15, 0.2) is 54.6 Å². The van der Waals surface area contributed by atoms with E-state index >= 15 is 0 Å². The molecule has 2 amide bonds. The summed E-state index contributed by atoms with van der Waals surface area (Å²) >= 11 is 0. The van der Waals surface area contributed by atoms with Crippen molar-refractivity contribution < 1.29 is 18.7 Å². The van der Waals surface area contributed by atoms with E-state index in [1.165, 1.54) is 29.8 Å². The Hall–Kier alpha value is -2.81. The molecule has 2 aliphatic heterocycles. The van der Waals surface area contributed by atoms with E-state index in [0.717, 1.165) is 19.5 Å². The van der Waals surface area contributed by atoms with Crippen molar-refractivity contribution in [3.05, 3.63) is 71.5 Å². The van der Waals surface area contributed by atoms with Gasteiger partial charge in [-0.1, -0.05) is 30.3 Å². The highest BCUT2D eigenvalue weighted by atomic mass is 19.1. The molecule has 4 rings (SSSR count). The van der Waals surface area contributed by atoms with Gasteiger partial charge in [0.1, 0.15) is 11.9 Å². The van der Waals surface area contributed by atoms with Crippen molar-refractivity contribution >= 4 is 11.8 Å². The number of carbonyl (C=O) groups is 2. The molecule has 0 aromatic heterocycles. The first-order chi connectivity index (χ1) is 17.1. The molecule has 2 saturated heterocycles. The fourth-order valence-electron chi connectivity index (χ4n) is 4.99. The molecular weight excluding hydrogens is 447 g/mol. The molecule has 2 heterocycles. The van der Waals surface area contributed by atoms with Crippen LogP contribution < -0.4 is 5.32 Å². The normalized spacial score (nSPS) is 20.8. The highest BCUT2D eigenvalue weighted by molar-refractivity contribution is 5.98. The van der Waals surface area contributed by atoms with Crippen LogP contribution in [-0.4, -0.2) is 91.6 Å². The second-order valence-electron chi connectivity index (χ2n) is 9.25. The molecule has 2 aromatic carbocycles. The molecule has 0 radical (unpaired) electrons. The molecular formula is C27H35FN4O3. The molecule has 2 fully saturated rings. The van der Waals surface area contributed by atoms with E-state index in [2.05, 4.69) is 22.3 Å². The summed E-state index contributed by atoms with van der Waals surface area (Å²) in [4.78, 5) is 33.1. The monoisotopic (exact) mass is 482 g/mol.